The third kappa shape index (κ3) is 4.43. The smallest absolute Gasteiger partial charge is 0.350 e. The SMILES string of the molecule is NC(=O)N1N=C(c2ccccc2)N(C(=O)N(c2ccccc2)c2ccccc2)N=C1c1ccccc1. The highest BCUT2D eigenvalue weighted by Crippen LogP contribution is 2.29. The summed E-state index contributed by atoms with van der Waals surface area (Å²) >= 11 is 0. The van der Waals surface area contributed by atoms with Crippen LogP contribution in [0.5, 0.6) is 0 Å². The predicted octanol–water partition coefficient (Wildman–Crippen LogP) is 5.36. The van der Waals surface area contributed by atoms with E-state index in [-0.39, 0.29) is 11.7 Å². The molecule has 0 saturated carbocycles. The van der Waals surface area contributed by atoms with E-state index in [2.05, 4.69) is 10.2 Å². The minimum Gasteiger partial charge on any atom is -0.350 e. The number of urea groups is 2. The summed E-state index contributed by atoms with van der Waals surface area (Å²) in [6.07, 6.45) is 0. The number of para-hydroxylation sites is 2. The van der Waals surface area contributed by atoms with Crippen molar-refractivity contribution >= 4 is 35.1 Å². The maximum absolute atomic E-state index is 14.3. The highest BCUT2D eigenvalue weighted by Gasteiger charge is 2.35. The molecule has 8 nitrogen and oxygen atoms in total. The summed E-state index contributed by atoms with van der Waals surface area (Å²) < 4.78 is 0. The van der Waals surface area contributed by atoms with Gasteiger partial charge < -0.3 is 5.73 Å². The second kappa shape index (κ2) is 9.94. The highest BCUT2D eigenvalue weighted by atomic mass is 16.2. The number of hydrazone groups is 2. The monoisotopic (exact) mass is 474 g/mol. The van der Waals surface area contributed by atoms with E-state index in [4.69, 9.17) is 5.73 Å². The van der Waals surface area contributed by atoms with E-state index in [1.54, 1.807) is 41.3 Å². The maximum Gasteiger partial charge on any atom is 0.355 e. The van der Waals surface area contributed by atoms with Crippen LogP contribution in [-0.4, -0.2) is 33.8 Å². The molecule has 2 N–H and O–H groups in total. The van der Waals surface area contributed by atoms with Gasteiger partial charge in [-0.25, -0.2) is 9.59 Å². The van der Waals surface area contributed by atoms with Gasteiger partial charge in [-0.05, 0) is 24.3 Å². The Morgan fingerprint density at radius 1 is 0.556 bits per heavy atom. The Hall–Kier alpha value is -5.24. The predicted molar refractivity (Wildman–Crippen MR) is 140 cm³/mol. The summed E-state index contributed by atoms with van der Waals surface area (Å²) in [6.45, 7) is 0. The molecule has 176 valence electrons. The topological polar surface area (TPSA) is 94.6 Å². The largest absolute Gasteiger partial charge is 0.355 e. The second-order valence-corrected chi connectivity index (χ2v) is 7.83. The fraction of sp³-hybridized carbons (Fsp3) is 0. The first-order valence-electron chi connectivity index (χ1n) is 11.3. The molecular weight excluding hydrogens is 452 g/mol. The molecule has 0 atom stereocenters. The summed E-state index contributed by atoms with van der Waals surface area (Å²) in [7, 11) is 0. The van der Waals surface area contributed by atoms with Crippen LogP contribution >= 0.6 is 0 Å². The zero-order chi connectivity index (χ0) is 24.9. The lowest BCUT2D eigenvalue weighted by Gasteiger charge is -2.33. The van der Waals surface area contributed by atoms with E-state index in [0.29, 0.717) is 22.5 Å². The number of carbonyl (C=O) groups is 2. The summed E-state index contributed by atoms with van der Waals surface area (Å²) in [5.74, 6) is 0.299. The van der Waals surface area contributed by atoms with Gasteiger partial charge >= 0.3 is 12.1 Å². The molecule has 0 fully saturated rings. The maximum atomic E-state index is 14.3. The normalized spacial score (nSPS) is 13.0. The first kappa shape index (κ1) is 22.5. The molecule has 8 heteroatoms. The lowest BCUT2D eigenvalue weighted by molar-refractivity contribution is 0.220. The van der Waals surface area contributed by atoms with Crippen molar-refractivity contribution in [3.63, 3.8) is 0 Å². The van der Waals surface area contributed by atoms with E-state index >= 15 is 0 Å². The number of carbonyl (C=O) groups excluding carboxylic acids is 2. The van der Waals surface area contributed by atoms with Crippen molar-refractivity contribution in [3.8, 4) is 0 Å². The number of nitrogens with two attached hydrogens (primary N) is 1. The lowest BCUT2D eigenvalue weighted by atomic mass is 10.2. The van der Waals surface area contributed by atoms with Crippen molar-refractivity contribution in [1.82, 2.24) is 10.0 Å². The van der Waals surface area contributed by atoms with Crippen LogP contribution in [-0.2, 0) is 0 Å². The van der Waals surface area contributed by atoms with Gasteiger partial charge in [0.2, 0.25) is 0 Å². The van der Waals surface area contributed by atoms with Crippen LogP contribution in [0.2, 0.25) is 0 Å². The summed E-state index contributed by atoms with van der Waals surface area (Å²) in [5.41, 5.74) is 8.15. The summed E-state index contributed by atoms with van der Waals surface area (Å²) in [6, 6.07) is 35.3. The fourth-order valence-electron chi connectivity index (χ4n) is 3.81. The van der Waals surface area contributed by atoms with E-state index in [0.717, 1.165) is 5.01 Å². The molecule has 1 aliphatic rings. The van der Waals surface area contributed by atoms with Crippen molar-refractivity contribution in [2.24, 2.45) is 15.9 Å². The summed E-state index contributed by atoms with van der Waals surface area (Å²) in [5, 5.41) is 11.4. The Labute approximate surface area is 208 Å². The molecule has 0 bridgehead atoms. The van der Waals surface area contributed by atoms with Crippen LogP contribution in [0.4, 0.5) is 21.0 Å². The third-order valence-electron chi connectivity index (χ3n) is 5.46. The Balaban J connectivity index is 1.69. The number of amidine groups is 2. The van der Waals surface area contributed by atoms with Gasteiger partial charge in [-0.1, -0.05) is 97.1 Å². The molecular formula is C28H22N6O2. The minimum atomic E-state index is -0.818. The molecule has 36 heavy (non-hydrogen) atoms. The number of nitrogens with zero attached hydrogens (tertiary/aromatic N) is 5. The molecule has 0 saturated heterocycles. The third-order valence-corrected chi connectivity index (χ3v) is 5.46. The van der Waals surface area contributed by atoms with Crippen molar-refractivity contribution in [1.29, 1.82) is 0 Å². The number of benzene rings is 4. The Morgan fingerprint density at radius 2 is 0.917 bits per heavy atom. The molecule has 0 aliphatic carbocycles. The lowest BCUT2D eigenvalue weighted by Crippen LogP contribution is -2.50. The molecule has 4 aromatic carbocycles. The average molecular weight is 475 g/mol. The Kier molecular flexibility index (Phi) is 6.23. The van der Waals surface area contributed by atoms with Crippen LogP contribution in [0.3, 0.4) is 0 Å². The highest BCUT2D eigenvalue weighted by molar-refractivity contribution is 6.18. The fourth-order valence-corrected chi connectivity index (χ4v) is 3.81. The molecule has 0 aromatic heterocycles. The number of hydrogen-bond donors (Lipinski definition) is 1. The van der Waals surface area contributed by atoms with E-state index in [9.17, 15) is 9.59 Å². The van der Waals surface area contributed by atoms with Crippen LogP contribution in [0.25, 0.3) is 0 Å². The van der Waals surface area contributed by atoms with Gasteiger partial charge in [0, 0.05) is 11.1 Å². The zero-order valence-corrected chi connectivity index (χ0v) is 19.2. The number of primary amides is 1. The molecule has 4 amide bonds. The first-order valence-corrected chi connectivity index (χ1v) is 11.3. The number of anilines is 2. The van der Waals surface area contributed by atoms with Crippen LogP contribution < -0.4 is 10.6 Å². The Morgan fingerprint density at radius 3 is 1.33 bits per heavy atom. The van der Waals surface area contributed by atoms with Gasteiger partial charge in [-0.15, -0.1) is 10.2 Å². The van der Waals surface area contributed by atoms with Crippen molar-refractivity contribution in [2.75, 3.05) is 4.90 Å². The zero-order valence-electron chi connectivity index (χ0n) is 19.2. The molecule has 4 aromatic rings. The standard InChI is InChI=1S/C28H22N6O2/c29-27(35)33-25(21-13-5-1-6-14-21)31-34(26(30-33)22-15-7-2-8-16-22)28(36)32(23-17-9-3-10-18-23)24-19-11-4-12-20-24/h1-20H,(H2,29,35). The molecule has 0 unspecified atom stereocenters. The van der Waals surface area contributed by atoms with E-state index in [1.807, 2.05) is 84.9 Å². The number of rotatable bonds is 4. The van der Waals surface area contributed by atoms with E-state index in [1.165, 1.54) is 5.01 Å². The molecule has 0 radical (unpaired) electrons. The van der Waals surface area contributed by atoms with E-state index < -0.39 is 12.1 Å². The molecule has 1 heterocycles. The van der Waals surface area contributed by atoms with Crippen LogP contribution in [0.1, 0.15) is 11.1 Å². The molecule has 1 aliphatic heterocycles. The number of hydrogen-bond acceptors (Lipinski definition) is 4. The van der Waals surface area contributed by atoms with Gasteiger partial charge in [-0.2, -0.15) is 10.0 Å². The number of amides is 4. The van der Waals surface area contributed by atoms with Crippen LogP contribution in [0.15, 0.2) is 132 Å². The van der Waals surface area contributed by atoms with Gasteiger partial charge in [0.05, 0.1) is 11.4 Å². The Bertz CT molecular complexity index is 1380. The van der Waals surface area contributed by atoms with Crippen molar-refractivity contribution in [2.45, 2.75) is 0 Å². The quantitative estimate of drug-likeness (QED) is 0.431. The first-order chi connectivity index (χ1) is 17.6. The van der Waals surface area contributed by atoms with Crippen LogP contribution in [0, 0.1) is 0 Å². The second-order valence-electron chi connectivity index (χ2n) is 7.83. The van der Waals surface area contributed by atoms with Crippen molar-refractivity contribution in [3.05, 3.63) is 132 Å². The van der Waals surface area contributed by atoms with Crippen molar-refractivity contribution < 1.29 is 9.59 Å². The summed E-state index contributed by atoms with van der Waals surface area (Å²) in [4.78, 5) is 28.2. The van der Waals surface area contributed by atoms with Gasteiger partial charge in [0.25, 0.3) is 0 Å². The molecule has 0 spiro atoms. The van der Waals surface area contributed by atoms with Gasteiger partial charge in [0.1, 0.15) is 0 Å². The van der Waals surface area contributed by atoms with Gasteiger partial charge in [0.15, 0.2) is 11.7 Å². The minimum absolute atomic E-state index is 0.136. The van der Waals surface area contributed by atoms with Gasteiger partial charge in [-0.3, -0.25) is 4.90 Å². The molecule has 5 rings (SSSR count). The average Bonchev–Trinajstić information content (AvgIpc) is 2.94.